The second kappa shape index (κ2) is 5.43. The normalized spacial score (nSPS) is 41.5. The van der Waals surface area contributed by atoms with E-state index in [2.05, 4.69) is 12.2 Å². The predicted molar refractivity (Wildman–Crippen MR) is 70.2 cm³/mol. The van der Waals surface area contributed by atoms with Crippen molar-refractivity contribution >= 4 is 22.2 Å². The van der Waals surface area contributed by atoms with Gasteiger partial charge in [0.05, 0.1) is 12.4 Å². The molecule has 4 nitrogen and oxygen atoms in total. The van der Waals surface area contributed by atoms with Gasteiger partial charge in [0.2, 0.25) is 0 Å². The van der Waals surface area contributed by atoms with Crippen molar-refractivity contribution in [1.29, 1.82) is 0 Å². The number of hydrogen-bond acceptors (Lipinski definition) is 4. The lowest BCUT2D eigenvalue weighted by molar-refractivity contribution is -0.104. The highest BCUT2D eigenvalue weighted by atomic mass is 35.5. The zero-order chi connectivity index (χ0) is 11.8. The van der Waals surface area contributed by atoms with Crippen LogP contribution in [0.15, 0.2) is 0 Å². The zero-order valence-electron chi connectivity index (χ0n) is 10.4. The van der Waals surface area contributed by atoms with Crippen molar-refractivity contribution in [2.45, 2.75) is 44.1 Å². The first-order chi connectivity index (χ1) is 7.44. The Balaban J connectivity index is 0.00000144. The van der Waals surface area contributed by atoms with Crippen LogP contribution >= 0.6 is 12.4 Å². The van der Waals surface area contributed by atoms with Crippen molar-refractivity contribution in [1.82, 2.24) is 5.32 Å². The standard InChI is InChI=1S/C11H21NO3S.ClH/c1-9-7-12-11(2,15-8-9)10-5-3-4-6-16(10,13)14;/h9-10,12H,3-8H2,1-2H3;1H. The molecular weight excluding hydrogens is 262 g/mol. The summed E-state index contributed by atoms with van der Waals surface area (Å²) >= 11 is 0. The molecule has 2 saturated heterocycles. The van der Waals surface area contributed by atoms with Gasteiger partial charge >= 0.3 is 0 Å². The first-order valence-corrected chi connectivity index (χ1v) is 7.76. The highest BCUT2D eigenvalue weighted by molar-refractivity contribution is 7.92. The van der Waals surface area contributed by atoms with E-state index in [1.807, 2.05) is 6.92 Å². The monoisotopic (exact) mass is 283 g/mol. The number of rotatable bonds is 1. The fourth-order valence-electron chi connectivity index (χ4n) is 2.58. The summed E-state index contributed by atoms with van der Waals surface area (Å²) in [6.45, 7) is 5.46. The van der Waals surface area contributed by atoms with Crippen LogP contribution < -0.4 is 5.32 Å². The molecule has 3 unspecified atom stereocenters. The van der Waals surface area contributed by atoms with Crippen LogP contribution in [0.2, 0.25) is 0 Å². The molecule has 1 N–H and O–H groups in total. The summed E-state index contributed by atoms with van der Waals surface area (Å²) in [5, 5.41) is 2.90. The van der Waals surface area contributed by atoms with Crippen LogP contribution in [0.3, 0.4) is 0 Å². The zero-order valence-corrected chi connectivity index (χ0v) is 12.1. The highest BCUT2D eigenvalue weighted by Gasteiger charge is 2.46. The Hall–Kier alpha value is 0.160. The van der Waals surface area contributed by atoms with E-state index < -0.39 is 15.6 Å². The van der Waals surface area contributed by atoms with Gasteiger partial charge in [-0.1, -0.05) is 13.3 Å². The lowest BCUT2D eigenvalue weighted by atomic mass is 10.0. The number of nitrogens with one attached hydrogen (secondary N) is 1. The summed E-state index contributed by atoms with van der Waals surface area (Å²) in [7, 11) is -2.99. The molecular formula is C11H22ClNO3S. The van der Waals surface area contributed by atoms with Gasteiger partial charge in [-0.05, 0) is 25.7 Å². The molecule has 0 aromatic carbocycles. The fraction of sp³-hybridized carbons (Fsp3) is 1.00. The Morgan fingerprint density at radius 1 is 1.35 bits per heavy atom. The van der Waals surface area contributed by atoms with E-state index in [4.69, 9.17) is 4.74 Å². The van der Waals surface area contributed by atoms with Gasteiger partial charge in [-0.3, -0.25) is 5.32 Å². The lowest BCUT2D eigenvalue weighted by Gasteiger charge is -2.43. The van der Waals surface area contributed by atoms with Gasteiger partial charge in [0.1, 0.15) is 11.0 Å². The van der Waals surface area contributed by atoms with Crippen molar-refractivity contribution in [2.24, 2.45) is 5.92 Å². The summed E-state index contributed by atoms with van der Waals surface area (Å²) in [4.78, 5) is 0. The van der Waals surface area contributed by atoms with Crippen LogP contribution in [0.25, 0.3) is 0 Å². The van der Waals surface area contributed by atoms with Gasteiger partial charge < -0.3 is 4.74 Å². The van der Waals surface area contributed by atoms with E-state index in [0.717, 1.165) is 25.8 Å². The van der Waals surface area contributed by atoms with Crippen molar-refractivity contribution < 1.29 is 13.2 Å². The molecule has 6 heteroatoms. The lowest BCUT2D eigenvalue weighted by Crippen LogP contribution is -2.62. The Morgan fingerprint density at radius 2 is 2.06 bits per heavy atom. The second-order valence-electron chi connectivity index (χ2n) is 5.26. The molecule has 0 amide bonds. The number of ether oxygens (including phenoxy) is 1. The minimum Gasteiger partial charge on any atom is -0.359 e. The SMILES string of the molecule is CC1CNC(C)(C2CCCCS2(=O)=O)OC1.Cl. The van der Waals surface area contributed by atoms with Crippen molar-refractivity contribution in [3.8, 4) is 0 Å². The molecule has 2 fully saturated rings. The molecule has 2 aliphatic rings. The van der Waals surface area contributed by atoms with Crippen LogP contribution in [-0.2, 0) is 14.6 Å². The summed E-state index contributed by atoms with van der Waals surface area (Å²) < 4.78 is 29.9. The van der Waals surface area contributed by atoms with E-state index in [9.17, 15) is 8.42 Å². The largest absolute Gasteiger partial charge is 0.359 e. The molecule has 0 saturated carbocycles. The molecule has 0 spiro atoms. The molecule has 0 aliphatic carbocycles. The van der Waals surface area contributed by atoms with Crippen molar-refractivity contribution in [3.63, 3.8) is 0 Å². The van der Waals surface area contributed by atoms with E-state index in [0.29, 0.717) is 18.3 Å². The topological polar surface area (TPSA) is 55.4 Å². The third-order valence-electron chi connectivity index (χ3n) is 3.66. The predicted octanol–water partition coefficient (Wildman–Crippen LogP) is 1.35. The van der Waals surface area contributed by atoms with Gasteiger partial charge in [0.15, 0.2) is 9.84 Å². The fourth-order valence-corrected chi connectivity index (χ4v) is 4.84. The molecule has 2 heterocycles. The maximum absolute atomic E-state index is 12.0. The number of hydrogen-bond donors (Lipinski definition) is 1. The highest BCUT2D eigenvalue weighted by Crippen LogP contribution is 2.31. The smallest absolute Gasteiger partial charge is 0.157 e. The molecule has 17 heavy (non-hydrogen) atoms. The quantitative estimate of drug-likeness (QED) is 0.789. The molecule has 102 valence electrons. The molecule has 0 aromatic rings. The van der Waals surface area contributed by atoms with E-state index in [1.165, 1.54) is 0 Å². The first kappa shape index (κ1) is 15.2. The maximum Gasteiger partial charge on any atom is 0.157 e. The van der Waals surface area contributed by atoms with E-state index >= 15 is 0 Å². The summed E-state index contributed by atoms with van der Waals surface area (Å²) in [5.74, 6) is 0.771. The minimum absolute atomic E-state index is 0. The van der Waals surface area contributed by atoms with Crippen molar-refractivity contribution in [2.75, 3.05) is 18.9 Å². The summed E-state index contributed by atoms with van der Waals surface area (Å²) in [6, 6.07) is 0. The molecule has 3 atom stereocenters. The average molecular weight is 284 g/mol. The molecule has 0 radical (unpaired) electrons. The Morgan fingerprint density at radius 3 is 2.59 bits per heavy atom. The first-order valence-electron chi connectivity index (χ1n) is 6.04. The Kier molecular flexibility index (Phi) is 4.86. The third kappa shape index (κ3) is 3.13. The van der Waals surface area contributed by atoms with Crippen LogP contribution in [-0.4, -0.2) is 38.3 Å². The van der Waals surface area contributed by atoms with Crippen LogP contribution in [0.4, 0.5) is 0 Å². The molecule has 0 aromatic heterocycles. The van der Waals surface area contributed by atoms with Crippen LogP contribution in [0.5, 0.6) is 0 Å². The maximum atomic E-state index is 12.0. The number of halogens is 1. The van der Waals surface area contributed by atoms with Gasteiger partial charge in [-0.15, -0.1) is 12.4 Å². The number of sulfone groups is 1. The van der Waals surface area contributed by atoms with Gasteiger partial charge in [-0.25, -0.2) is 8.42 Å². The molecule has 2 aliphatic heterocycles. The van der Waals surface area contributed by atoms with E-state index in [1.54, 1.807) is 0 Å². The minimum atomic E-state index is -2.99. The molecule has 0 bridgehead atoms. The van der Waals surface area contributed by atoms with Crippen LogP contribution in [0, 0.1) is 5.92 Å². The summed E-state index contributed by atoms with van der Waals surface area (Å²) in [6.07, 6.45) is 2.51. The van der Waals surface area contributed by atoms with Crippen LogP contribution in [0.1, 0.15) is 33.1 Å². The van der Waals surface area contributed by atoms with Gasteiger partial charge in [-0.2, -0.15) is 0 Å². The second-order valence-corrected chi connectivity index (χ2v) is 7.56. The Labute approximate surface area is 110 Å². The van der Waals surface area contributed by atoms with Crippen molar-refractivity contribution in [3.05, 3.63) is 0 Å². The van der Waals surface area contributed by atoms with Gasteiger partial charge in [0, 0.05) is 6.54 Å². The average Bonchev–Trinajstić information content (AvgIpc) is 2.22. The summed E-state index contributed by atoms with van der Waals surface area (Å²) in [5.41, 5.74) is -0.675. The van der Waals surface area contributed by atoms with Gasteiger partial charge in [0.25, 0.3) is 0 Å². The molecule has 2 rings (SSSR count). The Bertz CT molecular complexity index is 350. The van der Waals surface area contributed by atoms with E-state index in [-0.39, 0.29) is 17.7 Å². The third-order valence-corrected chi connectivity index (χ3v) is 6.07.